The van der Waals surface area contributed by atoms with Crippen molar-refractivity contribution in [1.29, 1.82) is 0 Å². The van der Waals surface area contributed by atoms with Gasteiger partial charge in [0.2, 0.25) is 0 Å². The molecule has 0 aromatic heterocycles. The maximum Gasteiger partial charge on any atom is 0.171 e. The first-order chi connectivity index (χ1) is 11.5. The summed E-state index contributed by atoms with van der Waals surface area (Å²) in [5.41, 5.74) is 0.659. The molecule has 1 atom stereocenters. The van der Waals surface area contributed by atoms with E-state index >= 15 is 0 Å². The second kappa shape index (κ2) is 8.65. The predicted molar refractivity (Wildman–Crippen MR) is 91.1 cm³/mol. The van der Waals surface area contributed by atoms with Gasteiger partial charge in [-0.3, -0.25) is 4.79 Å². The normalized spacial score (nSPS) is 27.1. The number of oxime groups is 1. The van der Waals surface area contributed by atoms with Gasteiger partial charge in [0.1, 0.15) is 12.4 Å². The molecule has 6 nitrogen and oxygen atoms in total. The van der Waals surface area contributed by atoms with Gasteiger partial charge in [-0.1, -0.05) is 23.7 Å². The number of carbonyl (C=O) groups is 1. The second-order valence-corrected chi connectivity index (χ2v) is 6.39. The summed E-state index contributed by atoms with van der Waals surface area (Å²) in [6.45, 7) is 3.15. The number of ketones is 1. The minimum atomic E-state index is -1.21. The van der Waals surface area contributed by atoms with Gasteiger partial charge < -0.3 is 19.8 Å². The van der Waals surface area contributed by atoms with Gasteiger partial charge in [0, 0.05) is 31.6 Å². The summed E-state index contributed by atoms with van der Waals surface area (Å²) in [7, 11) is 0. The highest BCUT2D eigenvalue weighted by Gasteiger charge is 2.45. The van der Waals surface area contributed by atoms with Crippen molar-refractivity contribution in [2.75, 3.05) is 19.8 Å². The summed E-state index contributed by atoms with van der Waals surface area (Å²) in [4.78, 5) is 17.7. The Morgan fingerprint density at radius 3 is 2.75 bits per heavy atom. The number of nitrogens with zero attached hydrogens (tertiary/aromatic N) is 1. The lowest BCUT2D eigenvalue weighted by molar-refractivity contribution is -0.129. The fraction of sp³-hybridized carbons (Fsp3) is 0.647. The van der Waals surface area contributed by atoms with Crippen LogP contribution < -0.4 is 0 Å². The van der Waals surface area contributed by atoms with E-state index < -0.39 is 5.60 Å². The Labute approximate surface area is 146 Å². The molecular formula is C17H24ClNO5. The van der Waals surface area contributed by atoms with E-state index in [1.165, 1.54) is 5.54 Å². The van der Waals surface area contributed by atoms with Crippen LogP contribution in [-0.4, -0.2) is 47.1 Å². The Balaban J connectivity index is 2.18. The van der Waals surface area contributed by atoms with Crippen LogP contribution in [0.25, 0.3) is 0 Å². The first-order valence-corrected chi connectivity index (χ1v) is 8.65. The summed E-state index contributed by atoms with van der Waals surface area (Å²) < 4.78 is 5.31. The molecule has 0 amide bonds. The number of rotatable bonds is 6. The third-order valence-corrected chi connectivity index (χ3v) is 4.73. The van der Waals surface area contributed by atoms with Gasteiger partial charge in [0.05, 0.1) is 16.9 Å². The van der Waals surface area contributed by atoms with E-state index in [0.29, 0.717) is 38.2 Å². The molecule has 1 aliphatic heterocycles. The van der Waals surface area contributed by atoms with Crippen LogP contribution in [0.4, 0.5) is 0 Å². The van der Waals surface area contributed by atoms with Crippen LogP contribution in [-0.2, 0) is 14.4 Å². The lowest BCUT2D eigenvalue weighted by atomic mass is 9.71. The lowest BCUT2D eigenvalue weighted by Crippen LogP contribution is -2.46. The molecule has 7 heteroatoms. The fourth-order valence-corrected chi connectivity index (χ4v) is 3.37. The summed E-state index contributed by atoms with van der Waals surface area (Å²) in [5.74, 6) is -0.465. The van der Waals surface area contributed by atoms with Crippen molar-refractivity contribution in [2.24, 2.45) is 11.1 Å². The number of Topliss-reactive ketones (excluding diaryl/α,β-unsaturated/α-hetero) is 1. The SMILES string of the molecule is CCC(=NOC/C=C/Cl)C1=C(O)CC(O)(C2CCOCC2)CC1=O. The van der Waals surface area contributed by atoms with Crippen LogP contribution in [0.1, 0.15) is 39.0 Å². The summed E-state index contributed by atoms with van der Waals surface area (Å²) in [6.07, 6.45) is 3.42. The van der Waals surface area contributed by atoms with Crippen molar-refractivity contribution in [1.82, 2.24) is 0 Å². The van der Waals surface area contributed by atoms with E-state index in [1.807, 2.05) is 6.92 Å². The molecule has 0 saturated carbocycles. The molecule has 0 radical (unpaired) electrons. The van der Waals surface area contributed by atoms with E-state index in [4.69, 9.17) is 21.2 Å². The Morgan fingerprint density at radius 1 is 1.46 bits per heavy atom. The van der Waals surface area contributed by atoms with E-state index in [-0.39, 0.29) is 42.5 Å². The van der Waals surface area contributed by atoms with Crippen LogP contribution in [0, 0.1) is 5.92 Å². The zero-order chi connectivity index (χ0) is 17.6. The van der Waals surface area contributed by atoms with E-state index in [9.17, 15) is 15.0 Å². The molecule has 1 heterocycles. The van der Waals surface area contributed by atoms with Crippen LogP contribution >= 0.6 is 11.6 Å². The number of ether oxygens (including phenoxy) is 1. The second-order valence-electron chi connectivity index (χ2n) is 6.14. The Morgan fingerprint density at radius 2 is 2.17 bits per heavy atom. The van der Waals surface area contributed by atoms with Gasteiger partial charge in [-0.05, 0) is 31.3 Å². The third kappa shape index (κ3) is 4.37. The average Bonchev–Trinajstić information content (AvgIpc) is 2.57. The summed E-state index contributed by atoms with van der Waals surface area (Å²) >= 11 is 5.40. The third-order valence-electron chi connectivity index (χ3n) is 4.55. The topological polar surface area (TPSA) is 88.3 Å². The Hall–Kier alpha value is -1.37. The maximum absolute atomic E-state index is 12.6. The van der Waals surface area contributed by atoms with Crippen LogP contribution in [0.15, 0.2) is 28.1 Å². The highest BCUT2D eigenvalue weighted by Crippen LogP contribution is 2.39. The molecule has 0 aromatic rings. The quantitative estimate of drug-likeness (QED) is 0.433. The number of aliphatic hydroxyl groups is 2. The van der Waals surface area contributed by atoms with Crippen molar-refractivity contribution < 1.29 is 24.6 Å². The zero-order valence-corrected chi connectivity index (χ0v) is 14.6. The molecule has 134 valence electrons. The molecule has 1 aliphatic carbocycles. The summed E-state index contributed by atoms with van der Waals surface area (Å²) in [5, 5.41) is 25.2. The van der Waals surface area contributed by atoms with Crippen molar-refractivity contribution in [3.8, 4) is 0 Å². The largest absolute Gasteiger partial charge is 0.511 e. The molecule has 2 N–H and O–H groups in total. The molecule has 1 unspecified atom stereocenters. The van der Waals surface area contributed by atoms with Gasteiger partial charge in [-0.15, -0.1) is 0 Å². The molecule has 0 spiro atoms. The maximum atomic E-state index is 12.6. The molecule has 2 rings (SSSR count). The zero-order valence-electron chi connectivity index (χ0n) is 13.8. The molecule has 0 bridgehead atoms. The minimum absolute atomic E-state index is 0.0162. The van der Waals surface area contributed by atoms with Crippen LogP contribution in [0.5, 0.6) is 0 Å². The fourth-order valence-electron chi connectivity index (χ4n) is 3.30. The first-order valence-electron chi connectivity index (χ1n) is 8.21. The molecule has 0 aromatic carbocycles. The number of aliphatic hydroxyl groups excluding tert-OH is 1. The van der Waals surface area contributed by atoms with E-state index in [1.54, 1.807) is 6.08 Å². The lowest BCUT2D eigenvalue weighted by Gasteiger charge is -2.40. The van der Waals surface area contributed by atoms with Crippen molar-refractivity contribution in [2.45, 2.75) is 44.6 Å². The molecular weight excluding hydrogens is 334 g/mol. The first kappa shape index (κ1) is 19.0. The number of carbonyl (C=O) groups excluding carboxylic acids is 1. The number of hydrogen-bond acceptors (Lipinski definition) is 6. The monoisotopic (exact) mass is 357 g/mol. The van der Waals surface area contributed by atoms with Crippen molar-refractivity contribution >= 4 is 23.1 Å². The average molecular weight is 358 g/mol. The Kier molecular flexibility index (Phi) is 6.83. The van der Waals surface area contributed by atoms with E-state index in [2.05, 4.69) is 5.16 Å². The smallest absolute Gasteiger partial charge is 0.171 e. The van der Waals surface area contributed by atoms with Gasteiger partial charge in [-0.2, -0.15) is 0 Å². The highest BCUT2D eigenvalue weighted by molar-refractivity contribution is 6.25. The van der Waals surface area contributed by atoms with Gasteiger partial charge in [0.25, 0.3) is 0 Å². The number of allylic oxidation sites excluding steroid dienone is 1. The Bertz CT molecular complexity index is 551. The predicted octanol–water partition coefficient (Wildman–Crippen LogP) is 2.85. The number of halogens is 1. The van der Waals surface area contributed by atoms with Gasteiger partial charge in [-0.25, -0.2) is 0 Å². The molecule has 24 heavy (non-hydrogen) atoms. The van der Waals surface area contributed by atoms with Crippen molar-refractivity contribution in [3.05, 3.63) is 22.9 Å². The highest BCUT2D eigenvalue weighted by atomic mass is 35.5. The van der Waals surface area contributed by atoms with E-state index in [0.717, 1.165) is 0 Å². The molecule has 2 aliphatic rings. The molecule has 1 fully saturated rings. The van der Waals surface area contributed by atoms with Gasteiger partial charge in [0.15, 0.2) is 5.78 Å². The van der Waals surface area contributed by atoms with Crippen molar-refractivity contribution in [3.63, 3.8) is 0 Å². The molecule has 1 saturated heterocycles. The summed E-state index contributed by atoms with van der Waals surface area (Å²) in [6, 6.07) is 0. The standard InChI is InChI=1S/C17H24ClNO5/c1-2-13(19-24-7-3-6-18)16-14(20)10-17(22,11-15(16)21)12-4-8-23-9-5-12/h3,6,12,20,22H,2,4-5,7-11H2,1H3/b6-3+,19-13?. The van der Waals surface area contributed by atoms with Gasteiger partial charge >= 0.3 is 0 Å². The van der Waals surface area contributed by atoms with Crippen LogP contribution in [0.3, 0.4) is 0 Å². The number of hydrogen-bond donors (Lipinski definition) is 2. The van der Waals surface area contributed by atoms with Crippen LogP contribution in [0.2, 0.25) is 0 Å². The minimum Gasteiger partial charge on any atom is -0.511 e.